The van der Waals surface area contributed by atoms with Crippen molar-refractivity contribution in [3.8, 4) is 22.6 Å². The summed E-state index contributed by atoms with van der Waals surface area (Å²) in [5, 5.41) is 9.60. The lowest BCUT2D eigenvalue weighted by molar-refractivity contribution is 0.0697. The van der Waals surface area contributed by atoms with E-state index in [0.29, 0.717) is 25.1 Å². The van der Waals surface area contributed by atoms with Crippen LogP contribution in [0.2, 0.25) is 0 Å². The summed E-state index contributed by atoms with van der Waals surface area (Å²) in [5.74, 6) is -0.888. The van der Waals surface area contributed by atoms with E-state index in [2.05, 4.69) is 30.9 Å². The Morgan fingerprint density at radius 1 is 1.26 bits per heavy atom. The molecule has 0 amide bonds. The number of nitrogens with two attached hydrogens (primary N) is 1. The number of aromatic amines is 1. The standard InChI is InChI=1S/C15H10BrIN4O2/c16-8-6-19-15(18)21-12(8)13-10(17)9(14(22)23)11(20-13)7-4-2-1-3-5-7/h1-6,20H,(H,22,23)(H2,18,19,21). The molecule has 23 heavy (non-hydrogen) atoms. The second-order valence-electron chi connectivity index (χ2n) is 4.66. The van der Waals surface area contributed by atoms with Gasteiger partial charge in [0.15, 0.2) is 0 Å². The number of hydrogen-bond acceptors (Lipinski definition) is 4. The van der Waals surface area contributed by atoms with Crippen LogP contribution in [-0.4, -0.2) is 26.0 Å². The molecule has 0 aliphatic carbocycles. The molecule has 0 bridgehead atoms. The van der Waals surface area contributed by atoms with Crippen molar-refractivity contribution in [2.45, 2.75) is 0 Å². The Morgan fingerprint density at radius 2 is 1.96 bits per heavy atom. The molecule has 3 rings (SSSR count). The predicted molar refractivity (Wildman–Crippen MR) is 99.0 cm³/mol. The molecule has 1 aromatic carbocycles. The van der Waals surface area contributed by atoms with Crippen LogP contribution < -0.4 is 5.73 Å². The van der Waals surface area contributed by atoms with Crippen LogP contribution >= 0.6 is 38.5 Å². The number of benzene rings is 1. The molecule has 6 nitrogen and oxygen atoms in total. The third-order valence-corrected chi connectivity index (χ3v) is 4.87. The van der Waals surface area contributed by atoms with Crippen molar-refractivity contribution < 1.29 is 9.90 Å². The molecule has 0 radical (unpaired) electrons. The Kier molecular flexibility index (Phi) is 4.35. The van der Waals surface area contributed by atoms with Crippen LogP contribution in [0.15, 0.2) is 41.0 Å². The minimum atomic E-state index is -1.01. The van der Waals surface area contributed by atoms with Gasteiger partial charge in [0.2, 0.25) is 5.95 Å². The molecule has 0 aliphatic heterocycles. The van der Waals surface area contributed by atoms with Crippen LogP contribution in [0, 0.1) is 3.57 Å². The second-order valence-corrected chi connectivity index (χ2v) is 6.59. The van der Waals surface area contributed by atoms with E-state index in [0.717, 1.165) is 5.56 Å². The maximum absolute atomic E-state index is 11.7. The van der Waals surface area contributed by atoms with Gasteiger partial charge in [-0.15, -0.1) is 0 Å². The highest BCUT2D eigenvalue weighted by atomic mass is 127. The van der Waals surface area contributed by atoms with Gasteiger partial charge in [0, 0.05) is 6.20 Å². The monoisotopic (exact) mass is 484 g/mol. The number of aromatic carboxylic acids is 1. The lowest BCUT2D eigenvalue weighted by atomic mass is 10.1. The zero-order chi connectivity index (χ0) is 16.6. The van der Waals surface area contributed by atoms with E-state index >= 15 is 0 Å². The fourth-order valence-electron chi connectivity index (χ4n) is 2.22. The highest BCUT2D eigenvalue weighted by molar-refractivity contribution is 14.1. The number of halogens is 2. The molecule has 4 N–H and O–H groups in total. The average molecular weight is 485 g/mol. The Balaban J connectivity index is 2.28. The molecular weight excluding hydrogens is 475 g/mol. The van der Waals surface area contributed by atoms with Gasteiger partial charge in [0.25, 0.3) is 0 Å². The van der Waals surface area contributed by atoms with Crippen molar-refractivity contribution in [2.24, 2.45) is 0 Å². The Hall–Kier alpha value is -1.94. The van der Waals surface area contributed by atoms with Crippen LogP contribution in [-0.2, 0) is 0 Å². The molecule has 0 saturated heterocycles. The SMILES string of the molecule is Nc1ncc(Br)c(-c2[nH]c(-c3ccccc3)c(C(=O)O)c2I)n1. The lowest BCUT2D eigenvalue weighted by Gasteiger charge is -2.03. The summed E-state index contributed by atoms with van der Waals surface area (Å²) >= 11 is 5.38. The molecule has 116 valence electrons. The molecule has 0 aliphatic rings. The zero-order valence-electron chi connectivity index (χ0n) is 11.5. The van der Waals surface area contributed by atoms with Crippen molar-refractivity contribution in [2.75, 3.05) is 5.73 Å². The van der Waals surface area contributed by atoms with E-state index in [1.165, 1.54) is 6.20 Å². The summed E-state index contributed by atoms with van der Waals surface area (Å²) in [5.41, 5.74) is 8.28. The molecule has 2 aromatic heterocycles. The van der Waals surface area contributed by atoms with Crippen molar-refractivity contribution in [3.63, 3.8) is 0 Å². The number of carboxylic acids is 1. The van der Waals surface area contributed by atoms with Crippen LogP contribution in [0.1, 0.15) is 10.4 Å². The largest absolute Gasteiger partial charge is 0.478 e. The van der Waals surface area contributed by atoms with Gasteiger partial charge in [-0.05, 0) is 44.1 Å². The maximum Gasteiger partial charge on any atom is 0.339 e. The normalized spacial score (nSPS) is 10.7. The first-order valence-electron chi connectivity index (χ1n) is 6.47. The maximum atomic E-state index is 11.7. The molecule has 8 heteroatoms. The number of aromatic nitrogens is 3. The fourth-order valence-corrected chi connectivity index (χ4v) is 3.50. The highest BCUT2D eigenvalue weighted by Crippen LogP contribution is 2.36. The highest BCUT2D eigenvalue weighted by Gasteiger charge is 2.24. The van der Waals surface area contributed by atoms with E-state index in [-0.39, 0.29) is 11.5 Å². The molecule has 0 saturated carbocycles. The second kappa shape index (κ2) is 6.28. The number of nitrogen functional groups attached to an aromatic ring is 1. The quantitative estimate of drug-likeness (QED) is 0.490. The molecule has 0 spiro atoms. The van der Waals surface area contributed by atoms with Crippen LogP contribution in [0.25, 0.3) is 22.6 Å². The summed E-state index contributed by atoms with van der Waals surface area (Å²) in [6.45, 7) is 0. The van der Waals surface area contributed by atoms with E-state index in [4.69, 9.17) is 5.73 Å². The van der Waals surface area contributed by atoms with Gasteiger partial charge in [-0.25, -0.2) is 14.8 Å². The summed E-state index contributed by atoms with van der Waals surface area (Å²) in [4.78, 5) is 23.0. The number of carboxylic acid groups (broad SMARTS) is 1. The molecular formula is C15H10BrIN4O2. The number of nitrogens with zero attached hydrogens (tertiary/aromatic N) is 2. The number of anilines is 1. The molecule has 3 aromatic rings. The van der Waals surface area contributed by atoms with Crippen LogP contribution in [0.3, 0.4) is 0 Å². The molecule has 2 heterocycles. The Morgan fingerprint density at radius 3 is 2.61 bits per heavy atom. The third kappa shape index (κ3) is 2.95. The van der Waals surface area contributed by atoms with Crippen molar-refractivity contribution >= 4 is 50.4 Å². The third-order valence-electron chi connectivity index (χ3n) is 3.21. The van der Waals surface area contributed by atoms with E-state index in [9.17, 15) is 9.90 Å². The van der Waals surface area contributed by atoms with Crippen LogP contribution in [0.4, 0.5) is 5.95 Å². The Labute approximate surface area is 153 Å². The van der Waals surface area contributed by atoms with E-state index in [1.807, 2.05) is 52.9 Å². The molecule has 0 fully saturated rings. The van der Waals surface area contributed by atoms with Crippen molar-refractivity contribution in [1.29, 1.82) is 0 Å². The summed E-state index contributed by atoms with van der Waals surface area (Å²) in [6, 6.07) is 9.28. The number of nitrogens with one attached hydrogen (secondary N) is 1. The first-order valence-corrected chi connectivity index (χ1v) is 8.34. The predicted octanol–water partition coefficient (Wildman–Crippen LogP) is 3.79. The van der Waals surface area contributed by atoms with Gasteiger partial charge in [-0.3, -0.25) is 0 Å². The minimum absolute atomic E-state index is 0.117. The van der Waals surface area contributed by atoms with E-state index < -0.39 is 5.97 Å². The minimum Gasteiger partial charge on any atom is -0.478 e. The van der Waals surface area contributed by atoms with Crippen LogP contribution in [0.5, 0.6) is 0 Å². The van der Waals surface area contributed by atoms with Crippen molar-refractivity contribution in [3.05, 3.63) is 50.1 Å². The van der Waals surface area contributed by atoms with Gasteiger partial charge in [-0.2, -0.15) is 0 Å². The smallest absolute Gasteiger partial charge is 0.339 e. The fraction of sp³-hybridized carbons (Fsp3) is 0. The molecule has 0 unspecified atom stereocenters. The number of carbonyl (C=O) groups is 1. The molecule has 0 atom stereocenters. The van der Waals surface area contributed by atoms with Gasteiger partial charge in [0.05, 0.1) is 25.0 Å². The van der Waals surface area contributed by atoms with Gasteiger partial charge in [0.1, 0.15) is 5.69 Å². The topological polar surface area (TPSA) is 105 Å². The van der Waals surface area contributed by atoms with E-state index in [1.54, 1.807) is 0 Å². The number of hydrogen-bond donors (Lipinski definition) is 3. The summed E-state index contributed by atoms with van der Waals surface area (Å²) in [6.07, 6.45) is 1.54. The van der Waals surface area contributed by atoms with Gasteiger partial charge >= 0.3 is 5.97 Å². The Bertz CT molecular complexity index is 896. The first kappa shape index (κ1) is 15.9. The number of H-pyrrole nitrogens is 1. The first-order chi connectivity index (χ1) is 11.0. The lowest BCUT2D eigenvalue weighted by Crippen LogP contribution is -2.00. The summed E-state index contributed by atoms with van der Waals surface area (Å²) < 4.78 is 1.19. The van der Waals surface area contributed by atoms with Gasteiger partial charge < -0.3 is 15.8 Å². The van der Waals surface area contributed by atoms with Crippen molar-refractivity contribution in [1.82, 2.24) is 15.0 Å². The zero-order valence-corrected chi connectivity index (χ0v) is 15.3. The average Bonchev–Trinajstić information content (AvgIpc) is 2.88. The summed E-state index contributed by atoms with van der Waals surface area (Å²) in [7, 11) is 0. The van der Waals surface area contributed by atoms with Gasteiger partial charge in [-0.1, -0.05) is 30.3 Å². The number of rotatable bonds is 3.